The Kier molecular flexibility index (Phi) is 3.65. The van der Waals surface area contributed by atoms with Gasteiger partial charge in [0.15, 0.2) is 11.5 Å². The molecule has 0 saturated heterocycles. The Labute approximate surface area is 130 Å². The largest absolute Gasteiger partial charge is 0.493 e. The summed E-state index contributed by atoms with van der Waals surface area (Å²) in [4.78, 5) is 5.49. The van der Waals surface area contributed by atoms with E-state index in [0.29, 0.717) is 24.0 Å². The number of methoxy groups -OCH3 is 2. The van der Waals surface area contributed by atoms with E-state index in [-0.39, 0.29) is 0 Å². The summed E-state index contributed by atoms with van der Waals surface area (Å²) in [6.45, 7) is 0.620. The van der Waals surface area contributed by atoms with Gasteiger partial charge in [0.1, 0.15) is 0 Å². The predicted molar refractivity (Wildman–Crippen MR) is 85.7 cm³/mol. The maximum atomic E-state index is 6.03. The highest BCUT2D eigenvalue weighted by atomic mass is 35.5. The van der Waals surface area contributed by atoms with Crippen LogP contribution in [0.15, 0.2) is 24.3 Å². The van der Waals surface area contributed by atoms with Crippen molar-refractivity contribution in [1.82, 2.24) is 9.55 Å². The number of rotatable bonds is 4. The molecular formula is C14H14ClN3O2S. The van der Waals surface area contributed by atoms with Crippen LogP contribution in [-0.2, 0) is 6.54 Å². The summed E-state index contributed by atoms with van der Waals surface area (Å²) < 4.78 is 13.3. The number of fused-ring (bicyclic) bond motifs is 1. The molecule has 0 amide bonds. The second kappa shape index (κ2) is 5.46. The zero-order valence-electron chi connectivity index (χ0n) is 11.6. The Balaban J connectivity index is 2.11. The average molecular weight is 324 g/mol. The predicted octanol–water partition coefficient (Wildman–Crippen LogP) is 3.40. The first-order chi connectivity index (χ1) is 10.1. The highest BCUT2D eigenvalue weighted by molar-refractivity contribution is 7.16. The molecule has 110 valence electrons. The van der Waals surface area contributed by atoms with Gasteiger partial charge < -0.3 is 19.8 Å². The van der Waals surface area contributed by atoms with E-state index in [9.17, 15) is 0 Å². The zero-order valence-corrected chi connectivity index (χ0v) is 13.2. The number of thiophene rings is 1. The fraction of sp³-hybridized carbons (Fsp3) is 0.214. The summed E-state index contributed by atoms with van der Waals surface area (Å²) in [5.74, 6) is 1.73. The summed E-state index contributed by atoms with van der Waals surface area (Å²) in [7, 11) is 3.20. The van der Waals surface area contributed by atoms with Gasteiger partial charge in [-0.3, -0.25) is 0 Å². The smallest absolute Gasteiger partial charge is 0.201 e. The lowest BCUT2D eigenvalue weighted by Crippen LogP contribution is -2.03. The normalized spacial score (nSPS) is 11.0. The van der Waals surface area contributed by atoms with E-state index in [0.717, 1.165) is 20.2 Å². The van der Waals surface area contributed by atoms with Crippen molar-refractivity contribution >= 4 is 39.9 Å². The summed E-state index contributed by atoms with van der Waals surface area (Å²) in [6, 6.07) is 7.56. The van der Waals surface area contributed by atoms with E-state index < -0.39 is 0 Å². The van der Waals surface area contributed by atoms with Gasteiger partial charge in [0.2, 0.25) is 5.95 Å². The maximum Gasteiger partial charge on any atom is 0.201 e. The molecule has 3 rings (SSSR count). The van der Waals surface area contributed by atoms with Gasteiger partial charge in [-0.25, -0.2) is 4.98 Å². The van der Waals surface area contributed by atoms with Crippen LogP contribution >= 0.6 is 22.9 Å². The van der Waals surface area contributed by atoms with Crippen LogP contribution < -0.4 is 15.2 Å². The highest BCUT2D eigenvalue weighted by Crippen LogP contribution is 2.33. The molecule has 0 bridgehead atoms. The summed E-state index contributed by atoms with van der Waals surface area (Å²) in [6.07, 6.45) is 0. The van der Waals surface area contributed by atoms with E-state index in [2.05, 4.69) is 4.98 Å². The van der Waals surface area contributed by atoms with Crippen molar-refractivity contribution in [2.45, 2.75) is 6.54 Å². The topological polar surface area (TPSA) is 62.3 Å². The van der Waals surface area contributed by atoms with Crippen molar-refractivity contribution in [3.8, 4) is 11.5 Å². The lowest BCUT2D eigenvalue weighted by atomic mass is 10.2. The average Bonchev–Trinajstić information content (AvgIpc) is 3.02. The molecule has 0 fully saturated rings. The van der Waals surface area contributed by atoms with Gasteiger partial charge in [0.25, 0.3) is 0 Å². The van der Waals surface area contributed by atoms with E-state index in [1.54, 1.807) is 14.2 Å². The molecule has 0 aliphatic heterocycles. The van der Waals surface area contributed by atoms with Crippen molar-refractivity contribution in [2.24, 2.45) is 0 Å². The van der Waals surface area contributed by atoms with Crippen molar-refractivity contribution in [3.05, 3.63) is 33.5 Å². The standard InChI is InChI=1S/C14H14ClN3O2S/c1-19-11-5-9-10(6-12(11)20-2)18(14(16)17-9)7-8-3-4-13(15)21-8/h3-6H,7H2,1-2H3,(H2,16,17). The minimum Gasteiger partial charge on any atom is -0.493 e. The van der Waals surface area contributed by atoms with Gasteiger partial charge in [-0.05, 0) is 12.1 Å². The quantitative estimate of drug-likeness (QED) is 0.799. The molecule has 0 radical (unpaired) electrons. The minimum absolute atomic E-state index is 0.449. The number of nitrogens with two attached hydrogens (primary N) is 1. The first-order valence-corrected chi connectivity index (χ1v) is 7.43. The third kappa shape index (κ3) is 2.52. The molecule has 0 unspecified atom stereocenters. The Morgan fingerprint density at radius 2 is 1.95 bits per heavy atom. The second-order valence-corrected chi connectivity index (χ2v) is 6.26. The summed E-state index contributed by atoms with van der Waals surface area (Å²) >= 11 is 7.50. The van der Waals surface area contributed by atoms with Crippen molar-refractivity contribution in [1.29, 1.82) is 0 Å². The van der Waals surface area contributed by atoms with Crippen LogP contribution in [0.2, 0.25) is 4.34 Å². The molecule has 2 aromatic heterocycles. The Morgan fingerprint density at radius 1 is 1.24 bits per heavy atom. The Morgan fingerprint density at radius 3 is 2.57 bits per heavy atom. The number of hydrogen-bond donors (Lipinski definition) is 1. The molecule has 0 aliphatic rings. The molecule has 2 N–H and O–H groups in total. The van der Waals surface area contributed by atoms with Crippen molar-refractivity contribution < 1.29 is 9.47 Å². The minimum atomic E-state index is 0.449. The van der Waals surface area contributed by atoms with Gasteiger partial charge in [-0.1, -0.05) is 11.6 Å². The number of imidazole rings is 1. The monoisotopic (exact) mass is 323 g/mol. The van der Waals surface area contributed by atoms with E-state index in [4.69, 9.17) is 26.8 Å². The maximum absolute atomic E-state index is 6.03. The molecule has 7 heteroatoms. The van der Waals surface area contributed by atoms with Crippen LogP contribution in [0, 0.1) is 0 Å². The van der Waals surface area contributed by atoms with Crippen molar-refractivity contribution in [2.75, 3.05) is 20.0 Å². The number of halogens is 1. The third-order valence-electron chi connectivity index (χ3n) is 3.23. The highest BCUT2D eigenvalue weighted by Gasteiger charge is 2.14. The van der Waals surface area contributed by atoms with Gasteiger partial charge in [0, 0.05) is 17.0 Å². The number of aromatic nitrogens is 2. The molecule has 0 atom stereocenters. The van der Waals surface area contributed by atoms with Gasteiger partial charge in [-0.15, -0.1) is 11.3 Å². The van der Waals surface area contributed by atoms with E-state index in [1.165, 1.54) is 11.3 Å². The van der Waals surface area contributed by atoms with Gasteiger partial charge in [0.05, 0.1) is 36.1 Å². The fourth-order valence-electron chi connectivity index (χ4n) is 2.23. The van der Waals surface area contributed by atoms with Crippen LogP contribution in [0.25, 0.3) is 11.0 Å². The first kappa shape index (κ1) is 14.0. The Hall–Kier alpha value is -1.92. The van der Waals surface area contributed by atoms with Crippen molar-refractivity contribution in [3.63, 3.8) is 0 Å². The molecule has 0 saturated carbocycles. The van der Waals surface area contributed by atoms with Gasteiger partial charge in [-0.2, -0.15) is 0 Å². The zero-order chi connectivity index (χ0) is 15.0. The van der Waals surface area contributed by atoms with Gasteiger partial charge >= 0.3 is 0 Å². The summed E-state index contributed by atoms with van der Waals surface area (Å²) in [5, 5.41) is 0. The lowest BCUT2D eigenvalue weighted by molar-refractivity contribution is 0.355. The van der Waals surface area contributed by atoms with Crippen LogP contribution in [0.3, 0.4) is 0 Å². The van der Waals surface area contributed by atoms with Crippen LogP contribution in [0.1, 0.15) is 4.88 Å². The molecule has 0 aliphatic carbocycles. The molecular weight excluding hydrogens is 310 g/mol. The third-order valence-corrected chi connectivity index (χ3v) is 4.44. The number of anilines is 1. The molecule has 3 aromatic rings. The molecule has 1 aromatic carbocycles. The SMILES string of the molecule is COc1cc2nc(N)n(Cc3ccc(Cl)s3)c2cc1OC. The number of nitrogens with zero attached hydrogens (tertiary/aromatic N) is 2. The molecule has 0 spiro atoms. The number of benzene rings is 1. The molecule has 21 heavy (non-hydrogen) atoms. The Bertz CT molecular complexity index is 797. The van der Waals surface area contributed by atoms with E-state index >= 15 is 0 Å². The van der Waals surface area contributed by atoms with E-state index in [1.807, 2.05) is 28.8 Å². The second-order valence-electron chi connectivity index (χ2n) is 4.46. The molecule has 5 nitrogen and oxygen atoms in total. The van der Waals surface area contributed by atoms with Crippen LogP contribution in [0.4, 0.5) is 5.95 Å². The summed E-state index contributed by atoms with van der Waals surface area (Å²) in [5.41, 5.74) is 7.70. The first-order valence-electron chi connectivity index (χ1n) is 6.24. The number of nitrogen functional groups attached to an aromatic ring is 1. The van der Waals surface area contributed by atoms with Crippen LogP contribution in [-0.4, -0.2) is 23.8 Å². The number of ether oxygens (including phenoxy) is 2. The molecule has 2 heterocycles. The van der Waals surface area contributed by atoms with Crippen LogP contribution in [0.5, 0.6) is 11.5 Å². The lowest BCUT2D eigenvalue weighted by Gasteiger charge is -2.09. The fourth-order valence-corrected chi connectivity index (χ4v) is 3.31. The number of hydrogen-bond acceptors (Lipinski definition) is 5.